The zero-order valence-electron chi connectivity index (χ0n) is 7.95. The van der Waals surface area contributed by atoms with Crippen LogP contribution in [0.4, 0.5) is 0 Å². The first-order valence-corrected chi connectivity index (χ1v) is 4.43. The molecule has 0 fully saturated rings. The average molecular weight is 215 g/mol. The van der Waals surface area contributed by atoms with Gasteiger partial charge in [0, 0.05) is 5.02 Å². The predicted octanol–water partition coefficient (Wildman–Crippen LogP) is 1.72. The Morgan fingerprint density at radius 3 is 2.36 bits per heavy atom. The van der Waals surface area contributed by atoms with Crippen LogP contribution in [-0.4, -0.2) is 18.2 Å². The van der Waals surface area contributed by atoms with E-state index in [1.54, 1.807) is 24.3 Å². The van der Waals surface area contributed by atoms with Crippen molar-refractivity contribution < 1.29 is 14.6 Å². The summed E-state index contributed by atoms with van der Waals surface area (Å²) in [5, 5.41) is 10.4. The van der Waals surface area contributed by atoms with Crippen LogP contribution in [0.5, 0.6) is 0 Å². The summed E-state index contributed by atoms with van der Waals surface area (Å²) in [6, 6.07) is 6.38. The summed E-state index contributed by atoms with van der Waals surface area (Å²) in [6.07, 6.45) is 0. The minimum absolute atomic E-state index is 0.453. The van der Waals surface area contributed by atoms with Gasteiger partial charge in [-0.05, 0) is 24.6 Å². The van der Waals surface area contributed by atoms with Gasteiger partial charge in [0.1, 0.15) is 0 Å². The molecule has 1 aromatic rings. The Bertz CT molecular complexity index is 330. The Morgan fingerprint density at radius 2 is 1.93 bits per heavy atom. The zero-order chi connectivity index (χ0) is 10.8. The van der Waals surface area contributed by atoms with Crippen molar-refractivity contribution in [3.8, 4) is 0 Å². The lowest BCUT2D eigenvalue weighted by molar-refractivity contribution is -0.161. The van der Waals surface area contributed by atoms with E-state index in [0.29, 0.717) is 10.6 Å². The first-order chi connectivity index (χ1) is 6.48. The van der Waals surface area contributed by atoms with E-state index < -0.39 is 11.6 Å². The fourth-order valence-corrected chi connectivity index (χ4v) is 1.22. The third-order valence-electron chi connectivity index (χ3n) is 1.99. The van der Waals surface area contributed by atoms with Gasteiger partial charge in [0.15, 0.2) is 5.60 Å². The smallest absolute Gasteiger partial charge is 0.342 e. The number of benzene rings is 1. The standard InChI is InChI=1S/C10H11ClO3/c1-10(13,9(12)14-2)7-3-5-8(11)6-4-7/h3-6,13H,1-2H3/t10-/m1/s1. The van der Waals surface area contributed by atoms with E-state index in [0.717, 1.165) is 0 Å². The molecule has 0 radical (unpaired) electrons. The van der Waals surface area contributed by atoms with Gasteiger partial charge in [-0.3, -0.25) is 0 Å². The van der Waals surface area contributed by atoms with Gasteiger partial charge in [0.05, 0.1) is 7.11 Å². The van der Waals surface area contributed by atoms with E-state index in [1.807, 2.05) is 0 Å². The summed E-state index contributed by atoms with van der Waals surface area (Å²) in [5.41, 5.74) is -1.17. The molecule has 4 heteroatoms. The summed E-state index contributed by atoms with van der Waals surface area (Å²) < 4.78 is 4.48. The number of rotatable bonds is 2. The Morgan fingerprint density at radius 1 is 1.43 bits per heavy atom. The highest BCUT2D eigenvalue weighted by Gasteiger charge is 2.33. The van der Waals surface area contributed by atoms with Crippen LogP contribution >= 0.6 is 11.6 Å². The highest BCUT2D eigenvalue weighted by Crippen LogP contribution is 2.23. The largest absolute Gasteiger partial charge is 0.467 e. The monoisotopic (exact) mass is 214 g/mol. The minimum atomic E-state index is -1.63. The van der Waals surface area contributed by atoms with Crippen molar-refractivity contribution in [2.24, 2.45) is 0 Å². The first-order valence-electron chi connectivity index (χ1n) is 4.05. The van der Waals surface area contributed by atoms with E-state index in [1.165, 1.54) is 14.0 Å². The molecule has 3 nitrogen and oxygen atoms in total. The second-order valence-corrected chi connectivity index (χ2v) is 3.51. The summed E-state index contributed by atoms with van der Waals surface area (Å²) in [6.45, 7) is 1.38. The normalized spacial score (nSPS) is 14.6. The van der Waals surface area contributed by atoms with Crippen molar-refractivity contribution in [3.63, 3.8) is 0 Å². The molecular formula is C10H11ClO3. The molecule has 0 heterocycles. The van der Waals surface area contributed by atoms with Crippen molar-refractivity contribution in [2.45, 2.75) is 12.5 Å². The SMILES string of the molecule is COC(=O)[C@](C)(O)c1ccc(Cl)cc1. The fraction of sp³-hybridized carbons (Fsp3) is 0.300. The highest BCUT2D eigenvalue weighted by molar-refractivity contribution is 6.30. The molecule has 0 bridgehead atoms. The lowest BCUT2D eigenvalue weighted by Gasteiger charge is -2.20. The number of carbonyl (C=O) groups is 1. The minimum Gasteiger partial charge on any atom is -0.467 e. The van der Waals surface area contributed by atoms with Gasteiger partial charge in [-0.2, -0.15) is 0 Å². The Balaban J connectivity index is 3.03. The van der Waals surface area contributed by atoms with Gasteiger partial charge in [-0.1, -0.05) is 23.7 Å². The number of carbonyl (C=O) groups excluding carboxylic acids is 1. The van der Waals surface area contributed by atoms with Gasteiger partial charge in [-0.25, -0.2) is 4.79 Å². The zero-order valence-corrected chi connectivity index (χ0v) is 8.71. The summed E-state index contributed by atoms with van der Waals surface area (Å²) in [5.74, 6) is -0.695. The molecule has 0 saturated heterocycles. The van der Waals surface area contributed by atoms with E-state index in [9.17, 15) is 9.90 Å². The van der Waals surface area contributed by atoms with E-state index >= 15 is 0 Å². The number of esters is 1. The van der Waals surface area contributed by atoms with Gasteiger partial charge >= 0.3 is 5.97 Å². The molecule has 0 aliphatic rings. The van der Waals surface area contributed by atoms with Crippen molar-refractivity contribution in [1.29, 1.82) is 0 Å². The Hall–Kier alpha value is -1.06. The van der Waals surface area contributed by atoms with Gasteiger partial charge < -0.3 is 9.84 Å². The maximum Gasteiger partial charge on any atom is 0.342 e. The van der Waals surface area contributed by atoms with Crippen molar-refractivity contribution in [3.05, 3.63) is 34.9 Å². The quantitative estimate of drug-likeness (QED) is 0.763. The van der Waals surface area contributed by atoms with Crippen LogP contribution in [0.1, 0.15) is 12.5 Å². The van der Waals surface area contributed by atoms with Crippen molar-refractivity contribution in [1.82, 2.24) is 0 Å². The molecule has 1 rings (SSSR count). The predicted molar refractivity (Wildman–Crippen MR) is 53.0 cm³/mol. The number of halogens is 1. The molecular weight excluding hydrogens is 204 g/mol. The maximum atomic E-state index is 11.2. The summed E-state index contributed by atoms with van der Waals surface area (Å²) in [7, 11) is 1.23. The molecule has 0 spiro atoms. The third kappa shape index (κ3) is 2.05. The van der Waals surface area contributed by atoms with Gasteiger partial charge in [0.25, 0.3) is 0 Å². The number of aliphatic hydroxyl groups is 1. The molecule has 76 valence electrons. The van der Waals surface area contributed by atoms with Crippen LogP contribution < -0.4 is 0 Å². The van der Waals surface area contributed by atoms with Gasteiger partial charge in [-0.15, -0.1) is 0 Å². The van der Waals surface area contributed by atoms with Gasteiger partial charge in [0.2, 0.25) is 0 Å². The molecule has 0 aromatic heterocycles. The molecule has 1 atom stereocenters. The van der Waals surface area contributed by atoms with Crippen LogP contribution in [0, 0.1) is 0 Å². The third-order valence-corrected chi connectivity index (χ3v) is 2.24. The summed E-state index contributed by atoms with van der Waals surface area (Å²) >= 11 is 5.68. The maximum absolute atomic E-state index is 11.2. The van der Waals surface area contributed by atoms with Crippen LogP contribution in [0.2, 0.25) is 5.02 Å². The second kappa shape index (κ2) is 3.98. The van der Waals surface area contributed by atoms with Crippen LogP contribution in [0.25, 0.3) is 0 Å². The first kappa shape index (κ1) is 11.0. The Labute approximate surface area is 87.3 Å². The lowest BCUT2D eigenvalue weighted by Crippen LogP contribution is -2.33. The number of hydrogen-bond donors (Lipinski definition) is 1. The van der Waals surface area contributed by atoms with E-state index in [4.69, 9.17) is 11.6 Å². The molecule has 0 aliphatic heterocycles. The van der Waals surface area contributed by atoms with E-state index in [-0.39, 0.29) is 0 Å². The molecule has 0 aliphatic carbocycles. The number of ether oxygens (including phenoxy) is 1. The fourth-order valence-electron chi connectivity index (χ4n) is 1.09. The summed E-state index contributed by atoms with van der Waals surface area (Å²) in [4.78, 5) is 11.2. The van der Waals surface area contributed by atoms with Crippen LogP contribution in [0.15, 0.2) is 24.3 Å². The Kier molecular flexibility index (Phi) is 3.13. The number of methoxy groups -OCH3 is 1. The van der Waals surface area contributed by atoms with E-state index in [2.05, 4.69) is 4.74 Å². The topological polar surface area (TPSA) is 46.5 Å². The number of hydrogen-bond acceptors (Lipinski definition) is 3. The average Bonchev–Trinajstić information content (AvgIpc) is 2.17. The second-order valence-electron chi connectivity index (χ2n) is 3.07. The molecule has 0 saturated carbocycles. The van der Waals surface area contributed by atoms with Crippen LogP contribution in [0.3, 0.4) is 0 Å². The highest BCUT2D eigenvalue weighted by atomic mass is 35.5. The molecule has 1 aromatic carbocycles. The van der Waals surface area contributed by atoms with Crippen LogP contribution in [-0.2, 0) is 15.1 Å². The molecule has 14 heavy (non-hydrogen) atoms. The molecule has 0 amide bonds. The van der Waals surface area contributed by atoms with Crippen molar-refractivity contribution >= 4 is 17.6 Å². The van der Waals surface area contributed by atoms with Crippen molar-refractivity contribution in [2.75, 3.05) is 7.11 Å². The molecule has 0 unspecified atom stereocenters. The molecule has 1 N–H and O–H groups in total. The lowest BCUT2D eigenvalue weighted by atomic mass is 9.96.